The number of benzene rings is 1. The van der Waals surface area contributed by atoms with Crippen LogP contribution in [0.5, 0.6) is 11.6 Å². The molecule has 194 valence electrons. The van der Waals surface area contributed by atoms with E-state index in [9.17, 15) is 14.7 Å². The number of nitrogens with zero attached hydrogens (tertiary/aromatic N) is 2. The Balaban J connectivity index is 1.51. The molecule has 0 aliphatic carbocycles. The fourth-order valence-electron chi connectivity index (χ4n) is 3.67. The largest absolute Gasteiger partial charge is 0.510 e. The van der Waals surface area contributed by atoms with E-state index in [2.05, 4.69) is 18.0 Å². The Morgan fingerprint density at radius 1 is 1.11 bits per heavy atom. The van der Waals surface area contributed by atoms with E-state index in [1.165, 1.54) is 5.56 Å². The summed E-state index contributed by atoms with van der Waals surface area (Å²) in [5.41, 5.74) is 2.44. The zero-order valence-corrected chi connectivity index (χ0v) is 22.1. The molecule has 0 aliphatic rings. The van der Waals surface area contributed by atoms with Crippen LogP contribution in [0.15, 0.2) is 47.4 Å². The molecular weight excluding hydrogens is 480 g/mol. The minimum atomic E-state index is -0.878. The SMILES string of the molecule is CCCC(C)(C)OC(=O)OCn1c(O)c(Cc2ccc(OCCc3ccc(CC)cn3)cc2)sc1=O. The predicted molar refractivity (Wildman–Crippen MR) is 139 cm³/mol. The lowest BCUT2D eigenvalue weighted by atomic mass is 10.0. The molecule has 0 saturated heterocycles. The van der Waals surface area contributed by atoms with Crippen molar-refractivity contribution >= 4 is 17.5 Å². The number of aromatic nitrogens is 2. The van der Waals surface area contributed by atoms with Crippen molar-refractivity contribution in [2.75, 3.05) is 6.61 Å². The normalized spacial score (nSPS) is 11.3. The van der Waals surface area contributed by atoms with E-state index >= 15 is 0 Å². The lowest BCUT2D eigenvalue weighted by molar-refractivity contribution is -0.0331. The number of ether oxygens (including phenoxy) is 3. The van der Waals surface area contributed by atoms with Gasteiger partial charge in [0.25, 0.3) is 0 Å². The molecule has 1 aromatic carbocycles. The third-order valence-corrected chi connectivity index (χ3v) is 6.64. The van der Waals surface area contributed by atoms with Crippen LogP contribution in [-0.2, 0) is 35.5 Å². The molecule has 0 amide bonds. The van der Waals surface area contributed by atoms with Crippen molar-refractivity contribution in [1.29, 1.82) is 0 Å². The molecule has 9 heteroatoms. The van der Waals surface area contributed by atoms with Crippen LogP contribution >= 0.6 is 11.3 Å². The van der Waals surface area contributed by atoms with Crippen molar-refractivity contribution in [3.63, 3.8) is 0 Å². The maximum atomic E-state index is 12.3. The Labute approximate surface area is 215 Å². The Bertz CT molecular complexity index is 1180. The molecule has 0 atom stereocenters. The minimum Gasteiger partial charge on any atom is -0.494 e. The first-order chi connectivity index (χ1) is 17.2. The van der Waals surface area contributed by atoms with Crippen LogP contribution in [0.4, 0.5) is 4.79 Å². The summed E-state index contributed by atoms with van der Waals surface area (Å²) >= 11 is 0.914. The van der Waals surface area contributed by atoms with Gasteiger partial charge >= 0.3 is 11.0 Å². The summed E-state index contributed by atoms with van der Waals surface area (Å²) in [7, 11) is 0. The second kappa shape index (κ2) is 12.6. The zero-order valence-electron chi connectivity index (χ0n) is 21.3. The second-order valence-electron chi connectivity index (χ2n) is 9.11. The van der Waals surface area contributed by atoms with E-state index in [0.29, 0.717) is 30.7 Å². The van der Waals surface area contributed by atoms with E-state index in [-0.39, 0.29) is 5.88 Å². The number of carbonyl (C=O) groups excluding carboxylic acids is 1. The highest BCUT2D eigenvalue weighted by molar-refractivity contribution is 7.09. The molecule has 0 unspecified atom stereocenters. The topological polar surface area (TPSA) is 99.9 Å². The number of aryl methyl sites for hydroxylation is 1. The highest BCUT2D eigenvalue weighted by Gasteiger charge is 2.23. The third kappa shape index (κ3) is 7.84. The fraction of sp³-hybridized carbons (Fsp3) is 0.444. The highest BCUT2D eigenvalue weighted by Crippen LogP contribution is 2.25. The molecule has 36 heavy (non-hydrogen) atoms. The molecule has 2 heterocycles. The van der Waals surface area contributed by atoms with E-state index in [1.54, 1.807) is 13.8 Å². The van der Waals surface area contributed by atoms with Gasteiger partial charge in [-0.1, -0.05) is 49.8 Å². The van der Waals surface area contributed by atoms with Crippen LogP contribution in [0.1, 0.15) is 62.2 Å². The molecule has 1 N–H and O–H groups in total. The van der Waals surface area contributed by atoms with E-state index in [4.69, 9.17) is 14.2 Å². The maximum Gasteiger partial charge on any atom is 0.510 e. The Kier molecular flexibility index (Phi) is 9.52. The molecule has 0 radical (unpaired) electrons. The van der Waals surface area contributed by atoms with Gasteiger partial charge in [-0.25, -0.2) is 9.36 Å². The minimum absolute atomic E-state index is 0.215. The summed E-state index contributed by atoms with van der Waals surface area (Å²) in [6, 6.07) is 11.6. The summed E-state index contributed by atoms with van der Waals surface area (Å²) in [6.45, 7) is 7.79. The van der Waals surface area contributed by atoms with Gasteiger partial charge < -0.3 is 19.3 Å². The van der Waals surface area contributed by atoms with E-state index < -0.39 is 23.4 Å². The van der Waals surface area contributed by atoms with Crippen molar-refractivity contribution < 1.29 is 24.1 Å². The summed E-state index contributed by atoms with van der Waals surface area (Å²) in [6.07, 6.45) is 4.60. The highest BCUT2D eigenvalue weighted by atomic mass is 32.1. The summed E-state index contributed by atoms with van der Waals surface area (Å²) in [5, 5.41) is 10.5. The van der Waals surface area contributed by atoms with Crippen LogP contribution < -0.4 is 9.61 Å². The van der Waals surface area contributed by atoms with Crippen molar-refractivity contribution in [3.05, 3.63) is 74.0 Å². The number of carbonyl (C=O) groups is 1. The smallest absolute Gasteiger partial charge is 0.494 e. The lowest BCUT2D eigenvalue weighted by Gasteiger charge is -2.23. The number of aromatic hydroxyl groups is 1. The molecular formula is C27H34N2O6S. The van der Waals surface area contributed by atoms with E-state index in [1.807, 2.05) is 43.5 Å². The quantitative estimate of drug-likeness (QED) is 0.320. The molecule has 0 aliphatic heterocycles. The van der Waals surface area contributed by atoms with E-state index in [0.717, 1.165) is 45.8 Å². The molecule has 0 saturated carbocycles. The summed E-state index contributed by atoms with van der Waals surface area (Å²) < 4.78 is 17.2. The molecule has 3 rings (SSSR count). The Hall–Kier alpha value is -3.33. The van der Waals surface area contributed by atoms with Crippen LogP contribution in [0.3, 0.4) is 0 Å². The number of rotatable bonds is 12. The molecule has 2 aromatic heterocycles. The Morgan fingerprint density at radius 3 is 2.47 bits per heavy atom. The third-order valence-electron chi connectivity index (χ3n) is 5.67. The van der Waals surface area contributed by atoms with Gasteiger partial charge in [-0.15, -0.1) is 0 Å². The van der Waals surface area contributed by atoms with Crippen molar-refractivity contribution in [3.8, 4) is 11.6 Å². The molecule has 0 fully saturated rings. The molecule has 8 nitrogen and oxygen atoms in total. The van der Waals surface area contributed by atoms with Crippen molar-refractivity contribution in [2.24, 2.45) is 0 Å². The van der Waals surface area contributed by atoms with Gasteiger partial charge in [-0.3, -0.25) is 9.78 Å². The lowest BCUT2D eigenvalue weighted by Crippen LogP contribution is -2.29. The van der Waals surface area contributed by atoms with Crippen molar-refractivity contribution in [1.82, 2.24) is 9.55 Å². The molecule has 0 spiro atoms. The molecule has 3 aromatic rings. The average molecular weight is 515 g/mol. The number of pyridine rings is 1. The first kappa shape index (κ1) is 27.3. The van der Waals surface area contributed by atoms with Crippen LogP contribution in [-0.4, -0.2) is 33.0 Å². The number of hydrogen-bond donors (Lipinski definition) is 1. The molecule has 0 bridgehead atoms. The first-order valence-corrected chi connectivity index (χ1v) is 12.9. The van der Waals surface area contributed by atoms with Gasteiger partial charge in [0.2, 0.25) is 5.88 Å². The Morgan fingerprint density at radius 2 is 1.83 bits per heavy atom. The van der Waals surface area contributed by atoms with Gasteiger partial charge in [0.15, 0.2) is 6.73 Å². The predicted octanol–water partition coefficient (Wildman–Crippen LogP) is 5.47. The van der Waals surface area contributed by atoms with Gasteiger partial charge in [0.1, 0.15) is 11.4 Å². The number of hydrogen-bond acceptors (Lipinski definition) is 8. The second-order valence-corrected chi connectivity index (χ2v) is 10.2. The summed E-state index contributed by atoms with van der Waals surface area (Å²) in [5.74, 6) is 0.518. The van der Waals surface area contributed by atoms with Gasteiger partial charge in [-0.05, 0) is 56.0 Å². The monoisotopic (exact) mass is 514 g/mol. The van der Waals surface area contributed by atoms with Gasteiger partial charge in [0, 0.05) is 24.7 Å². The summed E-state index contributed by atoms with van der Waals surface area (Å²) in [4.78, 5) is 28.8. The average Bonchev–Trinajstić information content (AvgIpc) is 3.10. The first-order valence-electron chi connectivity index (χ1n) is 12.1. The zero-order chi connectivity index (χ0) is 26.1. The fourth-order valence-corrected chi connectivity index (χ4v) is 4.57. The van der Waals surface area contributed by atoms with Crippen molar-refractivity contribution in [2.45, 2.75) is 72.1 Å². The van der Waals surface area contributed by atoms with Crippen LogP contribution in [0.2, 0.25) is 0 Å². The maximum absolute atomic E-state index is 12.3. The standard InChI is InChI=1S/C27H34N2O6S/c1-5-14-27(3,4)35-26(32)34-18-29-24(30)23(36-25(29)31)16-20-8-11-22(12-9-20)33-15-13-21-10-7-19(6-2)17-28-21/h7-12,17,30H,5-6,13-16,18H2,1-4H3. The van der Waals surface area contributed by atoms with Gasteiger partial charge in [0.05, 0.1) is 11.5 Å². The van der Waals surface area contributed by atoms with Gasteiger partial charge in [-0.2, -0.15) is 0 Å². The van der Waals surface area contributed by atoms with Crippen LogP contribution in [0, 0.1) is 0 Å². The number of thiazole rings is 1. The van der Waals surface area contributed by atoms with Crippen LogP contribution in [0.25, 0.3) is 0 Å².